The van der Waals surface area contributed by atoms with Gasteiger partial charge in [0, 0.05) is 42.9 Å². The van der Waals surface area contributed by atoms with Crippen molar-refractivity contribution >= 4 is 22.9 Å². The number of carbonyl (C=O) groups is 1. The Hall–Kier alpha value is -3.74. The summed E-state index contributed by atoms with van der Waals surface area (Å²) in [5, 5.41) is 4.71. The van der Waals surface area contributed by atoms with Crippen LogP contribution in [-0.2, 0) is 29.5 Å². The summed E-state index contributed by atoms with van der Waals surface area (Å²) >= 11 is 0. The van der Waals surface area contributed by atoms with E-state index in [1.807, 2.05) is 26.1 Å². The van der Waals surface area contributed by atoms with Gasteiger partial charge in [0.15, 0.2) is 17.3 Å². The number of benzene rings is 2. The normalized spacial score (nSPS) is 16.3. The number of hydrogen-bond donors (Lipinski definition) is 0. The number of nitrogens with zero attached hydrogens (tertiary/aromatic N) is 5. The molecule has 1 aliphatic carbocycles. The summed E-state index contributed by atoms with van der Waals surface area (Å²) in [5.41, 5.74) is 6.09. The Balaban J connectivity index is 1.33. The van der Waals surface area contributed by atoms with Gasteiger partial charge in [0.25, 0.3) is 0 Å². The number of methoxy groups -OCH3 is 1. The molecule has 0 saturated heterocycles. The molecule has 3 heterocycles. The molecule has 0 spiro atoms. The highest BCUT2D eigenvalue weighted by molar-refractivity contribution is 5.95. The molecule has 0 bridgehead atoms. The minimum absolute atomic E-state index is 0.278. The summed E-state index contributed by atoms with van der Waals surface area (Å²) in [7, 11) is 1.69. The van der Waals surface area contributed by atoms with Crippen molar-refractivity contribution in [1.82, 2.24) is 19.6 Å². The molecule has 1 aliphatic heterocycles. The van der Waals surface area contributed by atoms with Gasteiger partial charge in [-0.3, -0.25) is 4.79 Å². The number of anilines is 2. The predicted octanol–water partition coefficient (Wildman–Crippen LogP) is 3.82. The van der Waals surface area contributed by atoms with Gasteiger partial charge in [0.2, 0.25) is 0 Å². The second-order valence-corrected chi connectivity index (χ2v) is 9.34. The average molecular weight is 440 g/mol. The Morgan fingerprint density at radius 3 is 2.85 bits per heavy atom. The van der Waals surface area contributed by atoms with E-state index in [4.69, 9.17) is 14.8 Å². The second kappa shape index (κ2) is 7.13. The van der Waals surface area contributed by atoms with Crippen LogP contribution in [0.25, 0.3) is 5.65 Å². The number of carbonyl (C=O) groups excluding carboxylic acids is 1. The SMILES string of the molecule is COc1ccc2c(c1)CCN2c1nccn2nc(Cc3ccc4c(c3)CC(=O)C4(C)C)nc12. The highest BCUT2D eigenvalue weighted by Gasteiger charge is 2.37. The number of rotatable bonds is 4. The molecule has 166 valence electrons. The van der Waals surface area contributed by atoms with Crippen LogP contribution in [0.4, 0.5) is 11.5 Å². The zero-order valence-corrected chi connectivity index (χ0v) is 19.0. The lowest BCUT2D eigenvalue weighted by Gasteiger charge is -2.18. The Morgan fingerprint density at radius 2 is 2.00 bits per heavy atom. The van der Waals surface area contributed by atoms with Crippen molar-refractivity contribution in [1.29, 1.82) is 0 Å². The zero-order valence-electron chi connectivity index (χ0n) is 19.0. The van der Waals surface area contributed by atoms with Crippen LogP contribution in [0.3, 0.4) is 0 Å². The summed E-state index contributed by atoms with van der Waals surface area (Å²) in [6, 6.07) is 12.5. The van der Waals surface area contributed by atoms with E-state index in [-0.39, 0.29) is 5.78 Å². The van der Waals surface area contributed by atoms with E-state index in [1.165, 1.54) is 5.56 Å². The third-order valence-corrected chi connectivity index (χ3v) is 6.97. The second-order valence-electron chi connectivity index (χ2n) is 9.34. The van der Waals surface area contributed by atoms with Gasteiger partial charge in [-0.15, -0.1) is 0 Å². The average Bonchev–Trinajstić information content (AvgIpc) is 3.47. The van der Waals surface area contributed by atoms with E-state index in [9.17, 15) is 4.79 Å². The summed E-state index contributed by atoms with van der Waals surface area (Å²) in [6.07, 6.45) is 5.65. The molecule has 2 aromatic heterocycles. The predicted molar refractivity (Wildman–Crippen MR) is 125 cm³/mol. The van der Waals surface area contributed by atoms with E-state index in [1.54, 1.807) is 17.8 Å². The molecule has 4 aromatic rings. The van der Waals surface area contributed by atoms with E-state index < -0.39 is 5.41 Å². The Morgan fingerprint density at radius 1 is 1.12 bits per heavy atom. The van der Waals surface area contributed by atoms with Crippen molar-refractivity contribution < 1.29 is 9.53 Å². The summed E-state index contributed by atoms with van der Waals surface area (Å²) < 4.78 is 7.18. The van der Waals surface area contributed by atoms with E-state index in [0.717, 1.165) is 58.4 Å². The molecule has 0 N–H and O–H groups in total. The molecule has 33 heavy (non-hydrogen) atoms. The number of aromatic nitrogens is 4. The Labute approximate surface area is 192 Å². The standard InChI is InChI=1S/C26H25N5O2/c1-26(2)20-6-4-16(12-18(20)15-22(26)32)13-23-28-25-24(27-9-11-31(25)29-23)30-10-8-17-14-19(33-3)5-7-21(17)30/h4-7,9,11-12,14H,8,10,13,15H2,1-3H3. The van der Waals surface area contributed by atoms with Gasteiger partial charge in [-0.1, -0.05) is 18.2 Å². The zero-order chi connectivity index (χ0) is 22.7. The molecular weight excluding hydrogens is 414 g/mol. The molecule has 2 aromatic carbocycles. The Bertz CT molecular complexity index is 1420. The van der Waals surface area contributed by atoms with Gasteiger partial charge >= 0.3 is 0 Å². The fraction of sp³-hybridized carbons (Fsp3) is 0.308. The Kier molecular flexibility index (Phi) is 4.30. The van der Waals surface area contributed by atoms with Gasteiger partial charge in [0.05, 0.1) is 7.11 Å². The molecule has 0 fully saturated rings. The fourth-order valence-electron chi connectivity index (χ4n) is 5.08. The number of ether oxygens (including phenoxy) is 1. The lowest BCUT2D eigenvalue weighted by molar-refractivity contribution is -0.121. The lowest BCUT2D eigenvalue weighted by atomic mass is 9.85. The molecule has 7 heteroatoms. The first-order valence-electron chi connectivity index (χ1n) is 11.2. The van der Waals surface area contributed by atoms with Crippen molar-refractivity contribution in [2.75, 3.05) is 18.6 Å². The van der Waals surface area contributed by atoms with Crippen molar-refractivity contribution in [3.8, 4) is 5.75 Å². The maximum Gasteiger partial charge on any atom is 0.199 e. The smallest absolute Gasteiger partial charge is 0.199 e. The van der Waals surface area contributed by atoms with Crippen LogP contribution >= 0.6 is 0 Å². The van der Waals surface area contributed by atoms with E-state index >= 15 is 0 Å². The largest absolute Gasteiger partial charge is 0.497 e. The third kappa shape index (κ3) is 3.10. The molecule has 0 amide bonds. The van der Waals surface area contributed by atoms with Crippen molar-refractivity contribution in [2.45, 2.75) is 38.5 Å². The van der Waals surface area contributed by atoms with Crippen molar-refractivity contribution in [3.63, 3.8) is 0 Å². The topological polar surface area (TPSA) is 72.6 Å². The summed E-state index contributed by atoms with van der Waals surface area (Å²) in [4.78, 5) is 24.1. The van der Waals surface area contributed by atoms with Crippen LogP contribution in [0.2, 0.25) is 0 Å². The maximum absolute atomic E-state index is 12.4. The van der Waals surface area contributed by atoms with E-state index in [2.05, 4.69) is 40.2 Å². The van der Waals surface area contributed by atoms with Gasteiger partial charge in [0.1, 0.15) is 11.5 Å². The first-order chi connectivity index (χ1) is 15.9. The molecule has 0 atom stereocenters. The van der Waals surface area contributed by atoms with E-state index in [0.29, 0.717) is 12.8 Å². The van der Waals surface area contributed by atoms with Crippen LogP contribution < -0.4 is 9.64 Å². The minimum atomic E-state index is -0.397. The van der Waals surface area contributed by atoms with Crippen LogP contribution in [0.15, 0.2) is 48.8 Å². The lowest BCUT2D eigenvalue weighted by Crippen LogP contribution is -2.23. The summed E-state index contributed by atoms with van der Waals surface area (Å²) in [5.74, 6) is 2.69. The summed E-state index contributed by atoms with van der Waals surface area (Å²) in [6.45, 7) is 4.85. The fourth-order valence-corrected chi connectivity index (χ4v) is 5.08. The van der Waals surface area contributed by atoms with Crippen molar-refractivity contribution in [3.05, 3.63) is 76.9 Å². The highest BCUT2D eigenvalue weighted by atomic mass is 16.5. The molecule has 0 unspecified atom stereocenters. The van der Waals surface area contributed by atoms with Gasteiger partial charge in [-0.05, 0) is 60.7 Å². The van der Waals surface area contributed by atoms with Crippen LogP contribution in [-0.4, -0.2) is 39.0 Å². The van der Waals surface area contributed by atoms with Gasteiger partial charge in [-0.25, -0.2) is 14.5 Å². The first-order valence-corrected chi connectivity index (χ1v) is 11.2. The van der Waals surface area contributed by atoms with Gasteiger partial charge < -0.3 is 9.64 Å². The van der Waals surface area contributed by atoms with Crippen LogP contribution in [0, 0.1) is 0 Å². The quantitative estimate of drug-likeness (QED) is 0.481. The van der Waals surface area contributed by atoms with Crippen LogP contribution in [0.5, 0.6) is 5.75 Å². The van der Waals surface area contributed by atoms with Gasteiger partial charge in [-0.2, -0.15) is 5.10 Å². The first kappa shape index (κ1) is 19.9. The minimum Gasteiger partial charge on any atom is -0.497 e. The van der Waals surface area contributed by atoms with Crippen LogP contribution in [0.1, 0.15) is 41.9 Å². The number of hydrogen-bond acceptors (Lipinski definition) is 6. The third-order valence-electron chi connectivity index (χ3n) is 6.97. The maximum atomic E-state index is 12.4. The molecular formula is C26H25N5O2. The van der Waals surface area contributed by atoms with Crippen molar-refractivity contribution in [2.24, 2.45) is 0 Å². The highest BCUT2D eigenvalue weighted by Crippen LogP contribution is 2.38. The molecule has 0 saturated carbocycles. The number of fused-ring (bicyclic) bond motifs is 3. The monoisotopic (exact) mass is 439 g/mol. The molecule has 0 radical (unpaired) electrons. The number of Topliss-reactive ketones (excluding diaryl/α,β-unsaturated/α-hetero) is 1. The molecule has 6 rings (SSSR count). The number of ketones is 1. The molecule has 7 nitrogen and oxygen atoms in total. The molecule has 2 aliphatic rings.